The van der Waals surface area contributed by atoms with E-state index in [1.54, 1.807) is 25.1 Å². The van der Waals surface area contributed by atoms with Gasteiger partial charge in [0.05, 0.1) is 23.4 Å². The second kappa shape index (κ2) is 9.01. The summed E-state index contributed by atoms with van der Waals surface area (Å²) in [4.78, 5) is 13.2. The van der Waals surface area contributed by atoms with Crippen LogP contribution in [0.5, 0.6) is 0 Å². The van der Waals surface area contributed by atoms with E-state index in [0.29, 0.717) is 49.5 Å². The van der Waals surface area contributed by atoms with Crippen molar-refractivity contribution >= 4 is 33.4 Å². The van der Waals surface area contributed by atoms with E-state index in [1.807, 2.05) is 6.92 Å². The summed E-state index contributed by atoms with van der Waals surface area (Å²) in [5.41, 5.74) is 1.11. The first kappa shape index (κ1) is 22.8. The molecule has 0 radical (unpaired) electrons. The minimum absolute atomic E-state index is 0.197. The number of morpholine rings is 1. The largest absolute Gasteiger partial charge is 0.379 e. The van der Waals surface area contributed by atoms with Crippen LogP contribution in [0, 0.1) is 6.92 Å². The van der Waals surface area contributed by atoms with Crippen LogP contribution < -0.4 is 5.32 Å². The monoisotopic (exact) mass is 491 g/mol. The van der Waals surface area contributed by atoms with Crippen LogP contribution in [0.1, 0.15) is 56.0 Å². The molecule has 3 fully saturated rings. The highest BCUT2D eigenvalue weighted by Crippen LogP contribution is 2.46. The first-order chi connectivity index (χ1) is 15.8. The van der Waals surface area contributed by atoms with Crippen LogP contribution in [0.2, 0.25) is 0 Å². The number of nitrogens with zero attached hydrogens (tertiary/aromatic N) is 4. The van der Waals surface area contributed by atoms with Crippen molar-refractivity contribution in [3.63, 3.8) is 0 Å². The van der Waals surface area contributed by atoms with Gasteiger partial charge in [0.1, 0.15) is 5.82 Å². The fraction of sp³-hybridized carbons (Fsp3) is 0.591. The molecule has 1 aromatic carbocycles. The number of nitrogens with one attached hydrogen (secondary N) is 1. The van der Waals surface area contributed by atoms with Crippen LogP contribution in [-0.4, -0.2) is 64.9 Å². The summed E-state index contributed by atoms with van der Waals surface area (Å²) in [5, 5.41) is 12.1. The normalized spacial score (nSPS) is 20.5. The number of aryl methyl sites for hydroxylation is 1. The Kier molecular flexibility index (Phi) is 6.23. The molecule has 1 amide bonds. The van der Waals surface area contributed by atoms with Crippen molar-refractivity contribution < 1.29 is 17.9 Å². The standard InChI is InChI=1S/C22H29N5O4S2/c1-14-3-6-17(13-19(14)33(29,30)26-9-11-31-12-10-26)23-21(28)15(2)32-22-25-24-20(16-4-5-16)27(22)18-7-8-18/h3,6,13,15-16,18H,4-5,7-12H2,1-2H3,(H,23,28). The number of thioether (sulfide) groups is 1. The van der Waals surface area contributed by atoms with Crippen molar-refractivity contribution in [2.24, 2.45) is 0 Å². The van der Waals surface area contributed by atoms with Crippen LogP contribution in [0.3, 0.4) is 0 Å². The Hall–Kier alpha value is -1.95. The van der Waals surface area contributed by atoms with Gasteiger partial charge in [0.15, 0.2) is 5.16 Å². The number of ether oxygens (including phenoxy) is 1. The highest BCUT2D eigenvalue weighted by atomic mass is 32.2. The van der Waals surface area contributed by atoms with Gasteiger partial charge < -0.3 is 14.6 Å². The van der Waals surface area contributed by atoms with Gasteiger partial charge in [0.25, 0.3) is 0 Å². The third-order valence-electron chi connectivity index (χ3n) is 6.24. The summed E-state index contributed by atoms with van der Waals surface area (Å²) in [7, 11) is -3.65. The number of hydrogen-bond acceptors (Lipinski definition) is 7. The number of benzene rings is 1. The molecular formula is C22H29N5O4S2. The second-order valence-electron chi connectivity index (χ2n) is 8.96. The molecule has 1 saturated heterocycles. The lowest BCUT2D eigenvalue weighted by atomic mass is 10.2. The Balaban J connectivity index is 1.29. The Bertz CT molecular complexity index is 1150. The summed E-state index contributed by atoms with van der Waals surface area (Å²) in [5.74, 6) is 1.37. The molecule has 11 heteroatoms. The lowest BCUT2D eigenvalue weighted by molar-refractivity contribution is -0.115. The van der Waals surface area contributed by atoms with Crippen molar-refractivity contribution in [3.05, 3.63) is 29.6 Å². The van der Waals surface area contributed by atoms with E-state index in [1.165, 1.54) is 16.1 Å². The molecule has 1 unspecified atom stereocenters. The summed E-state index contributed by atoms with van der Waals surface area (Å²) in [6.45, 7) is 5.03. The van der Waals surface area contributed by atoms with Crippen LogP contribution in [-0.2, 0) is 19.6 Å². The topological polar surface area (TPSA) is 106 Å². The van der Waals surface area contributed by atoms with Crippen LogP contribution >= 0.6 is 11.8 Å². The molecule has 1 aromatic heterocycles. The van der Waals surface area contributed by atoms with E-state index >= 15 is 0 Å². The van der Waals surface area contributed by atoms with Crippen molar-refractivity contribution in [2.75, 3.05) is 31.6 Å². The van der Waals surface area contributed by atoms with Gasteiger partial charge in [0.2, 0.25) is 15.9 Å². The highest BCUT2D eigenvalue weighted by molar-refractivity contribution is 8.00. The van der Waals surface area contributed by atoms with E-state index in [9.17, 15) is 13.2 Å². The van der Waals surface area contributed by atoms with Gasteiger partial charge >= 0.3 is 0 Å². The smallest absolute Gasteiger partial charge is 0.243 e. The molecule has 0 spiro atoms. The summed E-state index contributed by atoms with van der Waals surface area (Å²) < 4.78 is 35.2. The van der Waals surface area contributed by atoms with E-state index in [2.05, 4.69) is 20.1 Å². The fourth-order valence-electron chi connectivity index (χ4n) is 4.00. The zero-order valence-corrected chi connectivity index (χ0v) is 20.5. The maximum Gasteiger partial charge on any atom is 0.243 e. The Morgan fingerprint density at radius 2 is 1.91 bits per heavy atom. The van der Waals surface area contributed by atoms with E-state index in [4.69, 9.17) is 4.74 Å². The van der Waals surface area contributed by atoms with Crippen molar-refractivity contribution in [3.8, 4) is 0 Å². The minimum Gasteiger partial charge on any atom is -0.379 e. The average Bonchev–Trinajstić information content (AvgIpc) is 3.74. The highest BCUT2D eigenvalue weighted by Gasteiger charge is 2.37. The molecule has 178 valence electrons. The number of aromatic nitrogens is 3. The molecule has 1 atom stereocenters. The number of carbonyl (C=O) groups excluding carboxylic acids is 1. The zero-order valence-electron chi connectivity index (χ0n) is 18.9. The first-order valence-corrected chi connectivity index (χ1v) is 13.8. The molecule has 2 aliphatic carbocycles. The number of sulfonamides is 1. The number of rotatable bonds is 8. The molecule has 2 aromatic rings. The molecule has 1 N–H and O–H groups in total. The van der Waals surface area contributed by atoms with Crippen molar-refractivity contribution in [1.82, 2.24) is 19.1 Å². The predicted octanol–water partition coefficient (Wildman–Crippen LogP) is 2.94. The predicted molar refractivity (Wildman–Crippen MR) is 125 cm³/mol. The lowest BCUT2D eigenvalue weighted by Crippen LogP contribution is -2.40. The second-order valence-corrected chi connectivity index (χ2v) is 12.2. The van der Waals surface area contributed by atoms with Gasteiger partial charge in [-0.05, 0) is 57.2 Å². The van der Waals surface area contributed by atoms with Gasteiger partial charge in [-0.15, -0.1) is 10.2 Å². The van der Waals surface area contributed by atoms with Crippen LogP contribution in [0.25, 0.3) is 0 Å². The van der Waals surface area contributed by atoms with Gasteiger partial charge in [0, 0.05) is 30.7 Å². The van der Waals surface area contributed by atoms with E-state index in [-0.39, 0.29) is 10.8 Å². The van der Waals surface area contributed by atoms with Gasteiger partial charge in [-0.1, -0.05) is 17.8 Å². The molecule has 5 rings (SSSR count). The summed E-state index contributed by atoms with van der Waals surface area (Å²) in [6, 6.07) is 5.47. The maximum atomic E-state index is 13.1. The third-order valence-corrected chi connectivity index (χ3v) is 9.34. The molecule has 2 heterocycles. The minimum atomic E-state index is -3.65. The van der Waals surface area contributed by atoms with E-state index in [0.717, 1.165) is 36.7 Å². The molecule has 0 bridgehead atoms. The zero-order chi connectivity index (χ0) is 23.2. The molecule has 1 aliphatic heterocycles. The molecular weight excluding hydrogens is 462 g/mol. The summed E-state index contributed by atoms with van der Waals surface area (Å²) >= 11 is 1.40. The lowest BCUT2D eigenvalue weighted by Gasteiger charge is -2.27. The quantitative estimate of drug-likeness (QED) is 0.566. The molecule has 3 aliphatic rings. The number of amides is 1. The molecule has 9 nitrogen and oxygen atoms in total. The first-order valence-electron chi connectivity index (χ1n) is 11.5. The van der Waals surface area contributed by atoms with E-state index < -0.39 is 15.3 Å². The Morgan fingerprint density at radius 3 is 2.58 bits per heavy atom. The molecule has 2 saturated carbocycles. The average molecular weight is 492 g/mol. The number of carbonyl (C=O) groups is 1. The van der Waals surface area contributed by atoms with Crippen molar-refractivity contribution in [1.29, 1.82) is 0 Å². The van der Waals surface area contributed by atoms with Crippen LogP contribution in [0.4, 0.5) is 5.69 Å². The summed E-state index contributed by atoms with van der Waals surface area (Å²) in [6.07, 6.45) is 4.59. The SMILES string of the molecule is Cc1ccc(NC(=O)C(C)Sc2nnc(C3CC3)n2C2CC2)cc1S(=O)(=O)N1CCOCC1. The van der Waals surface area contributed by atoms with Crippen LogP contribution in [0.15, 0.2) is 28.3 Å². The van der Waals surface area contributed by atoms with Gasteiger partial charge in [-0.25, -0.2) is 8.42 Å². The third kappa shape index (κ3) is 4.82. The van der Waals surface area contributed by atoms with Gasteiger partial charge in [-0.2, -0.15) is 4.31 Å². The maximum absolute atomic E-state index is 13.1. The van der Waals surface area contributed by atoms with Crippen molar-refractivity contribution in [2.45, 2.75) is 66.8 Å². The number of hydrogen-bond donors (Lipinski definition) is 1. The fourth-order valence-corrected chi connectivity index (χ4v) is 6.59. The van der Waals surface area contributed by atoms with Gasteiger partial charge in [-0.3, -0.25) is 4.79 Å². The Labute approximate surface area is 198 Å². The number of anilines is 1. The molecule has 33 heavy (non-hydrogen) atoms. The Morgan fingerprint density at radius 1 is 1.18 bits per heavy atom.